The minimum Gasteiger partial charge on any atom is -0.454 e. The van der Waals surface area contributed by atoms with Crippen LogP contribution in [0.25, 0.3) is 0 Å². The van der Waals surface area contributed by atoms with Crippen molar-refractivity contribution in [2.45, 2.75) is 37.1 Å². The van der Waals surface area contributed by atoms with Crippen LogP contribution in [0.2, 0.25) is 0 Å². The first-order valence-corrected chi connectivity index (χ1v) is 7.69. The van der Waals surface area contributed by atoms with Crippen LogP contribution in [0.3, 0.4) is 0 Å². The lowest BCUT2D eigenvalue weighted by molar-refractivity contribution is -0.230. The Bertz CT molecular complexity index is 624. The molecule has 10 heteroatoms. The molecule has 2 N–H and O–H groups in total. The Labute approximate surface area is 147 Å². The van der Waals surface area contributed by atoms with Gasteiger partial charge in [-0.3, -0.25) is 4.79 Å². The van der Waals surface area contributed by atoms with Gasteiger partial charge in [0, 0.05) is 13.5 Å². The highest BCUT2D eigenvalue weighted by atomic mass is 19.4. The second-order valence-corrected chi connectivity index (χ2v) is 5.57. The number of aliphatic hydroxyl groups excluding tert-OH is 1. The highest BCUT2D eigenvalue weighted by Crippen LogP contribution is 2.26. The van der Waals surface area contributed by atoms with Crippen molar-refractivity contribution in [3.05, 3.63) is 35.9 Å². The molecule has 1 fully saturated rings. The van der Waals surface area contributed by atoms with Gasteiger partial charge in [0.25, 0.3) is 0 Å². The van der Waals surface area contributed by atoms with E-state index in [2.05, 4.69) is 0 Å². The summed E-state index contributed by atoms with van der Waals surface area (Å²) in [6.07, 6.45) is -8.77. The summed E-state index contributed by atoms with van der Waals surface area (Å²) in [5.74, 6) is -3.00. The molecule has 1 aromatic carbocycles. The maximum atomic E-state index is 12.6. The number of esters is 1. The molecule has 0 aliphatic carbocycles. The third kappa shape index (κ3) is 4.93. The van der Waals surface area contributed by atoms with Crippen LogP contribution in [0.5, 0.6) is 0 Å². The van der Waals surface area contributed by atoms with Gasteiger partial charge in [-0.05, 0) is 12.1 Å². The fourth-order valence-electron chi connectivity index (χ4n) is 2.54. The van der Waals surface area contributed by atoms with Gasteiger partial charge in [0.05, 0.1) is 18.2 Å². The Kier molecular flexibility index (Phi) is 6.57. The minimum absolute atomic E-state index is 0.166. The molecule has 0 spiro atoms. The summed E-state index contributed by atoms with van der Waals surface area (Å²) in [4.78, 5) is 23.5. The average molecular weight is 377 g/mol. The molecular weight excluding hydrogens is 359 g/mol. The van der Waals surface area contributed by atoms with E-state index in [1.165, 1.54) is 19.2 Å². The number of methoxy groups -OCH3 is 1. The average Bonchev–Trinajstić information content (AvgIpc) is 2.62. The number of amides is 1. The molecule has 4 atom stereocenters. The first-order valence-electron chi connectivity index (χ1n) is 7.69. The molecule has 7 nitrogen and oxygen atoms in total. The van der Waals surface area contributed by atoms with E-state index in [0.29, 0.717) is 0 Å². The van der Waals surface area contributed by atoms with Gasteiger partial charge in [-0.25, -0.2) is 4.79 Å². The largest absolute Gasteiger partial charge is 0.471 e. The molecule has 144 valence electrons. The third-order valence-electron chi connectivity index (χ3n) is 3.81. The van der Waals surface area contributed by atoms with Gasteiger partial charge in [-0.2, -0.15) is 13.2 Å². The molecule has 1 aliphatic rings. The van der Waals surface area contributed by atoms with Crippen LogP contribution in [0.4, 0.5) is 13.2 Å². The van der Waals surface area contributed by atoms with Crippen molar-refractivity contribution < 1.29 is 42.1 Å². The first kappa shape index (κ1) is 20.1. The fourth-order valence-corrected chi connectivity index (χ4v) is 2.54. The van der Waals surface area contributed by atoms with E-state index in [1.807, 2.05) is 0 Å². The van der Waals surface area contributed by atoms with Gasteiger partial charge < -0.3 is 24.6 Å². The highest BCUT2D eigenvalue weighted by molar-refractivity contribution is 5.89. The zero-order valence-electron chi connectivity index (χ0n) is 13.7. The van der Waals surface area contributed by atoms with Crippen molar-refractivity contribution in [2.75, 3.05) is 13.7 Å². The van der Waals surface area contributed by atoms with Crippen LogP contribution < -0.4 is 5.32 Å². The van der Waals surface area contributed by atoms with Crippen molar-refractivity contribution in [1.82, 2.24) is 5.32 Å². The van der Waals surface area contributed by atoms with E-state index in [1.54, 1.807) is 23.5 Å². The second-order valence-electron chi connectivity index (χ2n) is 5.57. The van der Waals surface area contributed by atoms with Crippen molar-refractivity contribution in [1.29, 1.82) is 0 Å². The normalized spacial score (nSPS) is 26.2. The van der Waals surface area contributed by atoms with Crippen molar-refractivity contribution in [3.63, 3.8) is 0 Å². The van der Waals surface area contributed by atoms with E-state index < -0.39 is 49.2 Å². The van der Waals surface area contributed by atoms with E-state index in [0.717, 1.165) is 0 Å². The van der Waals surface area contributed by atoms with Crippen LogP contribution in [-0.4, -0.2) is 61.4 Å². The molecule has 2 rings (SSSR count). The summed E-state index contributed by atoms with van der Waals surface area (Å²) in [5.41, 5.74) is 0.166. The number of rotatable bonds is 5. The molecule has 0 unspecified atom stereocenters. The summed E-state index contributed by atoms with van der Waals surface area (Å²) in [7, 11) is 1.26. The summed E-state index contributed by atoms with van der Waals surface area (Å²) >= 11 is 0. The van der Waals surface area contributed by atoms with Gasteiger partial charge >= 0.3 is 18.1 Å². The molecule has 1 saturated heterocycles. The molecule has 26 heavy (non-hydrogen) atoms. The monoisotopic (exact) mass is 377 g/mol. The van der Waals surface area contributed by atoms with Crippen LogP contribution in [0, 0.1) is 0 Å². The molecule has 0 aromatic heterocycles. The number of ether oxygens (including phenoxy) is 3. The Hall–Kier alpha value is -2.17. The van der Waals surface area contributed by atoms with E-state index in [-0.39, 0.29) is 12.0 Å². The number of alkyl halides is 3. The molecule has 0 bridgehead atoms. The lowest BCUT2D eigenvalue weighted by Gasteiger charge is -2.40. The predicted octanol–water partition coefficient (Wildman–Crippen LogP) is 1.01. The summed E-state index contributed by atoms with van der Waals surface area (Å²) < 4.78 is 53.3. The number of hydrogen-bond acceptors (Lipinski definition) is 6. The summed E-state index contributed by atoms with van der Waals surface area (Å²) in [6, 6.07) is 6.50. The van der Waals surface area contributed by atoms with E-state index in [9.17, 15) is 27.9 Å². The summed E-state index contributed by atoms with van der Waals surface area (Å²) in [6.45, 7) is -0.648. The van der Waals surface area contributed by atoms with E-state index >= 15 is 0 Å². The standard InChI is InChI=1S/C16H18F3NO6/c1-24-12-7-10(20-15(23)16(17,18)19)13(11(8-21)25-12)26-14(22)9-5-3-2-4-6-9/h2-6,10-13,21H,7-8H2,1H3,(H,20,23)/t10-,11+,12-,13-/m0/s1. The lowest BCUT2D eigenvalue weighted by Crippen LogP contribution is -2.60. The number of nitrogens with one attached hydrogen (secondary N) is 1. The first-order chi connectivity index (χ1) is 12.3. The number of halogens is 3. The SMILES string of the molecule is CO[C@@H]1C[C@H](NC(=O)C(F)(F)F)[C@H](OC(=O)c2ccccc2)[C@@H](CO)O1. The maximum Gasteiger partial charge on any atom is 0.471 e. The smallest absolute Gasteiger partial charge is 0.454 e. The van der Waals surface area contributed by atoms with E-state index in [4.69, 9.17) is 14.2 Å². The zero-order valence-corrected chi connectivity index (χ0v) is 13.7. The van der Waals surface area contributed by atoms with Gasteiger partial charge in [-0.1, -0.05) is 18.2 Å². The number of benzene rings is 1. The van der Waals surface area contributed by atoms with Crippen LogP contribution >= 0.6 is 0 Å². The van der Waals surface area contributed by atoms with Crippen LogP contribution in [0.15, 0.2) is 30.3 Å². The predicted molar refractivity (Wildman–Crippen MR) is 81.0 cm³/mol. The number of hydrogen-bond donors (Lipinski definition) is 2. The second kappa shape index (κ2) is 8.47. The third-order valence-corrected chi connectivity index (χ3v) is 3.81. The Morgan fingerprint density at radius 2 is 1.96 bits per heavy atom. The minimum atomic E-state index is -5.11. The van der Waals surface area contributed by atoms with Crippen LogP contribution in [-0.2, 0) is 19.0 Å². The Morgan fingerprint density at radius 3 is 2.50 bits per heavy atom. The molecule has 1 aromatic rings. The Balaban J connectivity index is 2.21. The quantitative estimate of drug-likeness (QED) is 0.744. The topological polar surface area (TPSA) is 94.1 Å². The van der Waals surface area contributed by atoms with Crippen LogP contribution in [0.1, 0.15) is 16.8 Å². The molecule has 0 radical (unpaired) electrons. The molecular formula is C16H18F3NO6. The number of carbonyl (C=O) groups is 2. The van der Waals surface area contributed by atoms with Gasteiger partial charge in [-0.15, -0.1) is 0 Å². The molecule has 1 amide bonds. The molecule has 1 aliphatic heterocycles. The number of carbonyl (C=O) groups excluding carboxylic acids is 2. The molecule has 1 heterocycles. The number of aliphatic hydroxyl groups is 1. The maximum absolute atomic E-state index is 12.6. The van der Waals surface area contributed by atoms with Crippen molar-refractivity contribution in [2.24, 2.45) is 0 Å². The Morgan fingerprint density at radius 1 is 1.31 bits per heavy atom. The summed E-state index contributed by atoms with van der Waals surface area (Å²) in [5, 5.41) is 11.2. The fraction of sp³-hybridized carbons (Fsp3) is 0.500. The lowest BCUT2D eigenvalue weighted by atomic mass is 9.98. The van der Waals surface area contributed by atoms with Gasteiger partial charge in [0.2, 0.25) is 0 Å². The van der Waals surface area contributed by atoms with Crippen molar-refractivity contribution in [3.8, 4) is 0 Å². The highest BCUT2D eigenvalue weighted by Gasteiger charge is 2.46. The zero-order chi connectivity index (χ0) is 19.3. The van der Waals surface area contributed by atoms with Crippen molar-refractivity contribution >= 4 is 11.9 Å². The van der Waals surface area contributed by atoms with Gasteiger partial charge in [0.15, 0.2) is 12.4 Å². The van der Waals surface area contributed by atoms with Gasteiger partial charge in [0.1, 0.15) is 6.10 Å². The molecule has 0 saturated carbocycles.